The number of carbonyl (C=O) groups excluding carboxylic acids is 1. The molecule has 0 saturated carbocycles. The number of aliphatic carboxylic acids is 1. The summed E-state index contributed by atoms with van der Waals surface area (Å²) in [7, 11) is 0. The lowest BCUT2D eigenvalue weighted by Crippen LogP contribution is -2.27. The second-order valence-corrected chi connectivity index (χ2v) is 5.51. The van der Waals surface area contributed by atoms with Gasteiger partial charge in [0.1, 0.15) is 0 Å². The van der Waals surface area contributed by atoms with Gasteiger partial charge in [-0.1, -0.05) is 32.1 Å². The van der Waals surface area contributed by atoms with Gasteiger partial charge < -0.3 is 10.4 Å². The zero-order valence-electron chi connectivity index (χ0n) is 9.85. The van der Waals surface area contributed by atoms with E-state index in [1.54, 1.807) is 20.8 Å². The number of rotatable bonds is 3. The minimum absolute atomic E-state index is 0.124. The number of hydrogen-bond acceptors (Lipinski definition) is 4. The van der Waals surface area contributed by atoms with Crippen LogP contribution in [0.15, 0.2) is 12.3 Å². The Morgan fingerprint density at radius 1 is 1.47 bits per heavy atom. The van der Waals surface area contributed by atoms with Gasteiger partial charge in [0, 0.05) is 22.6 Å². The van der Waals surface area contributed by atoms with Crippen molar-refractivity contribution in [3.8, 4) is 0 Å². The number of amides is 1. The molecule has 0 atom stereocenters. The number of carboxylic acid groups (broad SMARTS) is 1. The Labute approximate surface area is 103 Å². The molecule has 0 fully saturated rings. The maximum absolute atomic E-state index is 11.7. The van der Waals surface area contributed by atoms with Crippen LogP contribution in [0, 0.1) is 5.41 Å². The highest BCUT2D eigenvalue weighted by atomic mass is 32.1. The summed E-state index contributed by atoms with van der Waals surface area (Å²) in [4.78, 5) is 26.6. The van der Waals surface area contributed by atoms with E-state index in [9.17, 15) is 9.59 Å². The van der Waals surface area contributed by atoms with Crippen LogP contribution in [-0.4, -0.2) is 22.0 Å². The Morgan fingerprint density at radius 3 is 2.65 bits per heavy atom. The zero-order chi connectivity index (χ0) is 13.1. The van der Waals surface area contributed by atoms with E-state index >= 15 is 0 Å². The van der Waals surface area contributed by atoms with Crippen molar-refractivity contribution in [1.82, 2.24) is 4.98 Å². The first-order valence-corrected chi connectivity index (χ1v) is 5.79. The summed E-state index contributed by atoms with van der Waals surface area (Å²) in [5.41, 5.74) is -0.483. The summed E-state index contributed by atoms with van der Waals surface area (Å²) < 4.78 is 0. The summed E-state index contributed by atoms with van der Waals surface area (Å²) >= 11 is 1.23. The number of nitrogens with zero attached hydrogens (tertiary/aromatic N) is 1. The molecule has 1 aromatic heterocycles. The Hall–Kier alpha value is -1.69. The van der Waals surface area contributed by atoms with Crippen LogP contribution < -0.4 is 5.32 Å². The highest BCUT2D eigenvalue weighted by molar-refractivity contribution is 7.16. The molecule has 1 heterocycles. The van der Waals surface area contributed by atoms with Crippen LogP contribution in [0.25, 0.3) is 6.08 Å². The molecule has 1 rings (SSSR count). The SMILES string of the molecule is CC(C)(C)C(=O)Nc1ncc(/C=C/C(=O)O)s1. The van der Waals surface area contributed by atoms with Crippen LogP contribution in [0.4, 0.5) is 5.13 Å². The fourth-order valence-corrected chi connectivity index (χ4v) is 1.57. The highest BCUT2D eigenvalue weighted by Gasteiger charge is 2.21. The third kappa shape index (κ3) is 4.36. The molecule has 5 nitrogen and oxygen atoms in total. The molecule has 0 bridgehead atoms. The molecule has 17 heavy (non-hydrogen) atoms. The molecular weight excluding hydrogens is 240 g/mol. The average Bonchev–Trinajstić information content (AvgIpc) is 2.61. The number of thiazole rings is 1. The first-order chi connectivity index (χ1) is 7.79. The van der Waals surface area contributed by atoms with Crippen molar-refractivity contribution in [3.05, 3.63) is 17.2 Å². The number of hydrogen-bond donors (Lipinski definition) is 2. The lowest BCUT2D eigenvalue weighted by molar-refractivity contribution is -0.131. The van der Waals surface area contributed by atoms with Gasteiger partial charge in [0.2, 0.25) is 5.91 Å². The normalized spacial score (nSPS) is 11.7. The smallest absolute Gasteiger partial charge is 0.328 e. The van der Waals surface area contributed by atoms with Crippen LogP contribution >= 0.6 is 11.3 Å². The van der Waals surface area contributed by atoms with Gasteiger partial charge in [0.05, 0.1) is 0 Å². The molecule has 0 aromatic carbocycles. The second kappa shape index (κ2) is 5.09. The maximum atomic E-state index is 11.7. The van der Waals surface area contributed by atoms with Crippen LogP contribution in [0.3, 0.4) is 0 Å². The number of carboxylic acids is 1. The summed E-state index contributed by atoms with van der Waals surface area (Å²) in [6, 6.07) is 0. The van der Waals surface area contributed by atoms with Crippen molar-refractivity contribution in [1.29, 1.82) is 0 Å². The van der Waals surface area contributed by atoms with Crippen molar-refractivity contribution >= 4 is 34.4 Å². The van der Waals surface area contributed by atoms with Crippen molar-refractivity contribution in [2.24, 2.45) is 5.41 Å². The molecule has 6 heteroatoms. The van der Waals surface area contributed by atoms with Crippen LogP contribution in [0.5, 0.6) is 0 Å². The predicted octanol–water partition coefficient (Wildman–Crippen LogP) is 2.23. The standard InChI is InChI=1S/C11H14N2O3S/c1-11(2,3)9(16)13-10-12-6-7(17-10)4-5-8(14)15/h4-6H,1-3H3,(H,14,15)(H,12,13,16)/b5-4+. The van der Waals surface area contributed by atoms with Gasteiger partial charge in [-0.25, -0.2) is 9.78 Å². The first kappa shape index (κ1) is 13.4. The molecule has 1 aromatic rings. The summed E-state index contributed by atoms with van der Waals surface area (Å²) in [6.45, 7) is 5.42. The fraction of sp³-hybridized carbons (Fsp3) is 0.364. The molecule has 0 saturated heterocycles. The quantitative estimate of drug-likeness (QED) is 0.811. The molecule has 0 radical (unpaired) electrons. The third-order valence-corrected chi connectivity index (χ3v) is 2.69. The van der Waals surface area contributed by atoms with E-state index in [1.165, 1.54) is 23.6 Å². The average molecular weight is 254 g/mol. The molecule has 0 aliphatic rings. The Bertz CT molecular complexity index is 458. The summed E-state index contributed by atoms with van der Waals surface area (Å²) in [6.07, 6.45) is 3.98. The van der Waals surface area contributed by atoms with Gasteiger partial charge in [-0.3, -0.25) is 4.79 Å². The van der Waals surface area contributed by atoms with E-state index in [0.717, 1.165) is 6.08 Å². The fourth-order valence-electron chi connectivity index (χ4n) is 0.859. The molecule has 0 spiro atoms. The predicted molar refractivity (Wildman–Crippen MR) is 66.9 cm³/mol. The maximum Gasteiger partial charge on any atom is 0.328 e. The Balaban J connectivity index is 2.70. The second-order valence-electron chi connectivity index (χ2n) is 4.44. The lowest BCUT2D eigenvalue weighted by Gasteiger charge is -2.15. The largest absolute Gasteiger partial charge is 0.478 e. The van der Waals surface area contributed by atoms with E-state index < -0.39 is 11.4 Å². The number of anilines is 1. The number of nitrogens with one attached hydrogen (secondary N) is 1. The van der Waals surface area contributed by atoms with E-state index in [4.69, 9.17) is 5.11 Å². The topological polar surface area (TPSA) is 79.3 Å². The lowest BCUT2D eigenvalue weighted by atomic mass is 9.96. The van der Waals surface area contributed by atoms with E-state index in [-0.39, 0.29) is 5.91 Å². The van der Waals surface area contributed by atoms with Crippen molar-refractivity contribution in [2.75, 3.05) is 5.32 Å². The van der Waals surface area contributed by atoms with Gasteiger partial charge in [-0.15, -0.1) is 0 Å². The minimum atomic E-state index is -1.02. The molecule has 92 valence electrons. The molecule has 0 aliphatic carbocycles. The van der Waals surface area contributed by atoms with E-state index in [1.807, 2.05) is 0 Å². The van der Waals surface area contributed by atoms with Crippen LogP contribution in [0.2, 0.25) is 0 Å². The third-order valence-electron chi connectivity index (χ3n) is 1.82. The van der Waals surface area contributed by atoms with Crippen molar-refractivity contribution < 1.29 is 14.7 Å². The zero-order valence-corrected chi connectivity index (χ0v) is 10.7. The highest BCUT2D eigenvalue weighted by Crippen LogP contribution is 2.22. The van der Waals surface area contributed by atoms with E-state index in [0.29, 0.717) is 10.0 Å². The van der Waals surface area contributed by atoms with Gasteiger partial charge in [-0.05, 0) is 6.08 Å². The molecular formula is C11H14N2O3S. The minimum Gasteiger partial charge on any atom is -0.478 e. The first-order valence-electron chi connectivity index (χ1n) is 4.97. The molecule has 0 aliphatic heterocycles. The van der Waals surface area contributed by atoms with Crippen molar-refractivity contribution in [2.45, 2.75) is 20.8 Å². The Kier molecular flexibility index (Phi) is 4.01. The van der Waals surface area contributed by atoms with Gasteiger partial charge in [0.25, 0.3) is 0 Å². The summed E-state index contributed by atoms with van der Waals surface area (Å²) in [5.74, 6) is -1.14. The summed E-state index contributed by atoms with van der Waals surface area (Å²) in [5, 5.41) is 11.6. The molecule has 0 unspecified atom stereocenters. The molecule has 1 amide bonds. The monoisotopic (exact) mass is 254 g/mol. The Morgan fingerprint density at radius 2 is 2.12 bits per heavy atom. The van der Waals surface area contributed by atoms with Crippen LogP contribution in [-0.2, 0) is 9.59 Å². The van der Waals surface area contributed by atoms with Crippen molar-refractivity contribution in [3.63, 3.8) is 0 Å². The van der Waals surface area contributed by atoms with E-state index in [2.05, 4.69) is 10.3 Å². The van der Waals surface area contributed by atoms with Gasteiger partial charge in [0.15, 0.2) is 5.13 Å². The van der Waals surface area contributed by atoms with Gasteiger partial charge >= 0.3 is 5.97 Å². The van der Waals surface area contributed by atoms with Gasteiger partial charge in [-0.2, -0.15) is 0 Å². The molecule has 2 N–H and O–H groups in total. The number of carbonyl (C=O) groups is 2. The van der Waals surface area contributed by atoms with Crippen LogP contribution in [0.1, 0.15) is 25.6 Å². The number of aromatic nitrogens is 1.